The van der Waals surface area contributed by atoms with E-state index in [4.69, 9.17) is 5.73 Å². The Bertz CT molecular complexity index is 300. The van der Waals surface area contributed by atoms with Gasteiger partial charge in [0.15, 0.2) is 0 Å². The van der Waals surface area contributed by atoms with E-state index in [9.17, 15) is 4.79 Å². The van der Waals surface area contributed by atoms with Gasteiger partial charge >= 0.3 is 0 Å². The van der Waals surface area contributed by atoms with Crippen LogP contribution in [0.4, 0.5) is 0 Å². The van der Waals surface area contributed by atoms with E-state index in [1.165, 1.54) is 0 Å². The Labute approximate surface area is 96.3 Å². The summed E-state index contributed by atoms with van der Waals surface area (Å²) in [6, 6.07) is 5.32. The zero-order valence-electron chi connectivity index (χ0n) is 9.48. The van der Waals surface area contributed by atoms with Gasteiger partial charge in [0.1, 0.15) is 5.69 Å². The maximum atomic E-state index is 11.5. The molecule has 0 spiro atoms. The van der Waals surface area contributed by atoms with Crippen LogP contribution in [0.2, 0.25) is 0 Å². The van der Waals surface area contributed by atoms with Crippen LogP contribution in [0.5, 0.6) is 0 Å². The van der Waals surface area contributed by atoms with E-state index in [1.807, 2.05) is 6.07 Å². The van der Waals surface area contributed by atoms with Crippen molar-refractivity contribution in [1.82, 2.24) is 10.3 Å². The molecule has 3 N–H and O–H groups in total. The lowest BCUT2D eigenvalue weighted by atomic mass is 10.2. The van der Waals surface area contributed by atoms with Crippen molar-refractivity contribution in [1.29, 1.82) is 0 Å². The van der Waals surface area contributed by atoms with E-state index in [2.05, 4.69) is 10.3 Å². The number of nitrogens with zero attached hydrogens (tertiary/aromatic N) is 1. The Morgan fingerprint density at radius 1 is 1.25 bits per heavy atom. The third-order valence-corrected chi connectivity index (χ3v) is 2.31. The molecular formula is C12H19N3O. The van der Waals surface area contributed by atoms with Crippen LogP contribution < -0.4 is 11.1 Å². The van der Waals surface area contributed by atoms with E-state index in [1.54, 1.807) is 18.3 Å². The van der Waals surface area contributed by atoms with Gasteiger partial charge in [0.25, 0.3) is 5.91 Å². The smallest absolute Gasteiger partial charge is 0.269 e. The predicted molar refractivity (Wildman–Crippen MR) is 64.1 cm³/mol. The molecule has 0 saturated heterocycles. The molecule has 1 aromatic heterocycles. The maximum absolute atomic E-state index is 11.5. The fraction of sp³-hybridized carbons (Fsp3) is 0.500. The van der Waals surface area contributed by atoms with Crippen LogP contribution in [-0.2, 0) is 0 Å². The topological polar surface area (TPSA) is 68.0 Å². The van der Waals surface area contributed by atoms with Crippen molar-refractivity contribution in [2.45, 2.75) is 25.7 Å². The highest BCUT2D eigenvalue weighted by Gasteiger charge is 2.03. The first-order valence-electron chi connectivity index (χ1n) is 5.74. The number of rotatable bonds is 7. The fourth-order valence-corrected chi connectivity index (χ4v) is 1.41. The van der Waals surface area contributed by atoms with Gasteiger partial charge in [-0.05, 0) is 31.5 Å². The molecule has 16 heavy (non-hydrogen) atoms. The van der Waals surface area contributed by atoms with Gasteiger partial charge in [0.05, 0.1) is 0 Å². The highest BCUT2D eigenvalue weighted by Crippen LogP contribution is 1.98. The molecule has 1 heterocycles. The highest BCUT2D eigenvalue weighted by molar-refractivity contribution is 5.92. The SMILES string of the molecule is NCCCCCCNC(=O)c1ccccn1. The minimum Gasteiger partial charge on any atom is -0.351 e. The Balaban J connectivity index is 2.12. The minimum atomic E-state index is -0.0978. The molecule has 0 saturated carbocycles. The quantitative estimate of drug-likeness (QED) is 0.682. The molecule has 0 atom stereocenters. The van der Waals surface area contributed by atoms with Crippen molar-refractivity contribution >= 4 is 5.91 Å². The third kappa shape index (κ3) is 4.89. The van der Waals surface area contributed by atoms with Crippen LogP contribution in [-0.4, -0.2) is 24.0 Å². The molecule has 0 aliphatic carbocycles. The highest BCUT2D eigenvalue weighted by atomic mass is 16.1. The number of nitrogens with two attached hydrogens (primary N) is 1. The second-order valence-corrected chi connectivity index (χ2v) is 3.67. The average molecular weight is 221 g/mol. The summed E-state index contributed by atoms with van der Waals surface area (Å²) in [7, 11) is 0. The van der Waals surface area contributed by atoms with Gasteiger partial charge in [-0.3, -0.25) is 9.78 Å². The Hall–Kier alpha value is -1.42. The number of hydrogen-bond donors (Lipinski definition) is 2. The molecule has 4 heteroatoms. The molecule has 0 fully saturated rings. The number of carbonyl (C=O) groups excluding carboxylic acids is 1. The second-order valence-electron chi connectivity index (χ2n) is 3.67. The zero-order valence-corrected chi connectivity index (χ0v) is 9.48. The van der Waals surface area contributed by atoms with Crippen molar-refractivity contribution in [2.24, 2.45) is 5.73 Å². The predicted octanol–water partition coefficient (Wildman–Crippen LogP) is 1.33. The van der Waals surface area contributed by atoms with E-state index in [-0.39, 0.29) is 5.91 Å². The third-order valence-electron chi connectivity index (χ3n) is 2.31. The number of carbonyl (C=O) groups is 1. The standard InChI is InChI=1S/C12H19N3O/c13-8-4-1-2-5-10-15-12(16)11-7-3-6-9-14-11/h3,6-7,9H,1-2,4-5,8,10,13H2,(H,15,16). The molecule has 4 nitrogen and oxygen atoms in total. The fourth-order valence-electron chi connectivity index (χ4n) is 1.41. The average Bonchev–Trinajstić information content (AvgIpc) is 2.34. The van der Waals surface area contributed by atoms with Crippen molar-refractivity contribution in [2.75, 3.05) is 13.1 Å². The lowest BCUT2D eigenvalue weighted by molar-refractivity contribution is 0.0948. The van der Waals surface area contributed by atoms with Crippen LogP contribution in [0.25, 0.3) is 0 Å². The summed E-state index contributed by atoms with van der Waals surface area (Å²) in [6.45, 7) is 1.46. The van der Waals surface area contributed by atoms with Crippen LogP contribution >= 0.6 is 0 Å². The first-order chi connectivity index (χ1) is 7.84. The summed E-state index contributed by atoms with van der Waals surface area (Å²) < 4.78 is 0. The van der Waals surface area contributed by atoms with Crippen molar-refractivity contribution in [3.05, 3.63) is 30.1 Å². The molecule has 0 aromatic carbocycles. The van der Waals surface area contributed by atoms with E-state index in [0.29, 0.717) is 12.2 Å². The van der Waals surface area contributed by atoms with Gasteiger partial charge in [-0.2, -0.15) is 0 Å². The van der Waals surface area contributed by atoms with Crippen LogP contribution in [0, 0.1) is 0 Å². The molecule has 1 aromatic rings. The molecule has 0 bridgehead atoms. The van der Waals surface area contributed by atoms with Crippen molar-refractivity contribution in [3.8, 4) is 0 Å². The lowest BCUT2D eigenvalue weighted by Gasteiger charge is -2.04. The monoisotopic (exact) mass is 221 g/mol. The molecule has 0 aliphatic rings. The maximum Gasteiger partial charge on any atom is 0.269 e. The Morgan fingerprint density at radius 3 is 2.75 bits per heavy atom. The lowest BCUT2D eigenvalue weighted by Crippen LogP contribution is -2.25. The summed E-state index contributed by atoms with van der Waals surface area (Å²) in [5.41, 5.74) is 5.87. The first-order valence-corrected chi connectivity index (χ1v) is 5.74. The molecule has 1 rings (SSSR count). The zero-order chi connectivity index (χ0) is 11.6. The van der Waals surface area contributed by atoms with Crippen LogP contribution in [0.3, 0.4) is 0 Å². The van der Waals surface area contributed by atoms with E-state index in [0.717, 1.165) is 32.2 Å². The van der Waals surface area contributed by atoms with Gasteiger partial charge in [-0.1, -0.05) is 18.9 Å². The number of hydrogen-bond acceptors (Lipinski definition) is 3. The van der Waals surface area contributed by atoms with Crippen LogP contribution in [0.1, 0.15) is 36.2 Å². The summed E-state index contributed by atoms with van der Waals surface area (Å²) >= 11 is 0. The van der Waals surface area contributed by atoms with Crippen molar-refractivity contribution < 1.29 is 4.79 Å². The molecule has 88 valence electrons. The number of pyridine rings is 1. The molecular weight excluding hydrogens is 202 g/mol. The summed E-state index contributed by atoms with van der Waals surface area (Å²) in [5.74, 6) is -0.0978. The minimum absolute atomic E-state index is 0.0978. The van der Waals surface area contributed by atoms with Gasteiger partial charge in [0.2, 0.25) is 0 Å². The summed E-state index contributed by atoms with van der Waals surface area (Å²) in [5, 5.41) is 2.84. The molecule has 0 aliphatic heterocycles. The summed E-state index contributed by atoms with van der Waals surface area (Å²) in [4.78, 5) is 15.5. The Morgan fingerprint density at radius 2 is 2.06 bits per heavy atom. The number of unbranched alkanes of at least 4 members (excludes halogenated alkanes) is 3. The van der Waals surface area contributed by atoms with E-state index < -0.39 is 0 Å². The largest absolute Gasteiger partial charge is 0.351 e. The number of aromatic nitrogens is 1. The van der Waals surface area contributed by atoms with Gasteiger partial charge in [0, 0.05) is 12.7 Å². The Kier molecular flexibility index (Phi) is 6.18. The van der Waals surface area contributed by atoms with Gasteiger partial charge < -0.3 is 11.1 Å². The number of nitrogens with one attached hydrogen (secondary N) is 1. The van der Waals surface area contributed by atoms with Gasteiger partial charge in [-0.15, -0.1) is 0 Å². The van der Waals surface area contributed by atoms with Gasteiger partial charge in [-0.25, -0.2) is 0 Å². The van der Waals surface area contributed by atoms with E-state index >= 15 is 0 Å². The molecule has 1 amide bonds. The molecule has 0 unspecified atom stereocenters. The number of amides is 1. The normalized spacial score (nSPS) is 10.1. The first kappa shape index (κ1) is 12.6. The second kappa shape index (κ2) is 7.82. The van der Waals surface area contributed by atoms with Crippen molar-refractivity contribution in [3.63, 3.8) is 0 Å². The summed E-state index contributed by atoms with van der Waals surface area (Å²) in [6.07, 6.45) is 5.93. The van der Waals surface area contributed by atoms with Crippen LogP contribution in [0.15, 0.2) is 24.4 Å². The molecule has 0 radical (unpaired) electrons.